The molecule has 0 bridgehead atoms. The van der Waals surface area contributed by atoms with Crippen molar-refractivity contribution in [2.45, 2.75) is 19.3 Å². The van der Waals surface area contributed by atoms with Crippen LogP contribution in [-0.2, 0) is 5.41 Å². The van der Waals surface area contributed by atoms with Gasteiger partial charge in [0.25, 0.3) is 0 Å². The number of hydrogen-bond acceptors (Lipinski definition) is 6. The Hall–Kier alpha value is -14.0. The lowest BCUT2D eigenvalue weighted by Crippen LogP contribution is -2.15. The molecule has 0 saturated heterocycles. The van der Waals surface area contributed by atoms with E-state index in [4.69, 9.17) is 19.9 Å². The second kappa shape index (κ2) is 25.5. The lowest BCUT2D eigenvalue weighted by molar-refractivity contribution is 0.660. The first-order valence-electron chi connectivity index (χ1n) is 38.6. The van der Waals surface area contributed by atoms with Crippen LogP contribution in [0.5, 0.6) is 0 Å². The van der Waals surface area contributed by atoms with E-state index in [1.807, 2.05) is 22.7 Å². The fraction of sp³-hybridized carbons (Fsp3) is 0.0286. The first-order valence-corrected chi connectivity index (χ1v) is 40.2. The maximum Gasteiger partial charge on any atom is 0.160 e. The first-order chi connectivity index (χ1) is 55.8. The van der Waals surface area contributed by atoms with E-state index in [1.165, 1.54) is 139 Å². The van der Waals surface area contributed by atoms with Crippen molar-refractivity contribution >= 4 is 150 Å². The summed E-state index contributed by atoms with van der Waals surface area (Å²) in [6.45, 7) is 4.67. The Bertz CT molecular complexity index is 7860. The minimum atomic E-state index is -0.102. The molecule has 0 radical (unpaired) electrons. The van der Waals surface area contributed by atoms with Crippen LogP contribution in [0.1, 0.15) is 25.0 Å². The van der Waals surface area contributed by atoms with Crippen molar-refractivity contribution in [2.75, 3.05) is 0 Å². The molecule has 0 spiro atoms. The number of hydrogen-bond donors (Lipinski definition) is 0. The number of rotatable bonds is 8. The molecule has 1 aliphatic rings. The van der Waals surface area contributed by atoms with Crippen LogP contribution >= 0.6 is 22.7 Å². The normalized spacial score (nSPS) is 12.6. The number of fused-ring (bicyclic) bond motifs is 25. The summed E-state index contributed by atoms with van der Waals surface area (Å²) in [6.07, 6.45) is 0. The van der Waals surface area contributed by atoms with Crippen molar-refractivity contribution in [3.8, 4) is 90.0 Å². The van der Waals surface area contributed by atoms with Gasteiger partial charge in [0, 0.05) is 122 Å². The maximum atomic E-state index is 5.46. The van der Waals surface area contributed by atoms with E-state index >= 15 is 0 Å². The van der Waals surface area contributed by atoms with E-state index in [0.29, 0.717) is 5.82 Å². The molecule has 6 heterocycles. The second-order valence-corrected chi connectivity index (χ2v) is 32.3. The van der Waals surface area contributed by atoms with Crippen molar-refractivity contribution in [3.63, 3.8) is 0 Å². The van der Waals surface area contributed by atoms with Crippen molar-refractivity contribution in [1.82, 2.24) is 29.1 Å². The smallest absolute Gasteiger partial charge is 0.160 e. The molecule has 0 amide bonds. The predicted octanol–water partition coefficient (Wildman–Crippen LogP) is 28.8. The predicted molar refractivity (Wildman–Crippen MR) is 479 cm³/mol. The third kappa shape index (κ3) is 10.2. The van der Waals surface area contributed by atoms with Crippen LogP contribution in [0.4, 0.5) is 0 Å². The van der Waals surface area contributed by atoms with Crippen molar-refractivity contribution in [3.05, 3.63) is 375 Å². The average Bonchev–Trinajstić information content (AvgIpc) is 1.54. The van der Waals surface area contributed by atoms with Crippen LogP contribution < -0.4 is 0 Å². The van der Waals surface area contributed by atoms with Gasteiger partial charge in [-0.15, -0.1) is 22.7 Å². The average molecular weight is 1480 g/mol. The van der Waals surface area contributed by atoms with Gasteiger partial charge in [-0.05, 0) is 140 Å². The Morgan fingerprint density at radius 2 is 0.637 bits per heavy atom. The summed E-state index contributed by atoms with van der Waals surface area (Å²) < 4.78 is 10.2. The highest BCUT2D eigenvalue weighted by atomic mass is 32.1. The van der Waals surface area contributed by atoms with Gasteiger partial charge in [0.05, 0.1) is 44.5 Å². The van der Waals surface area contributed by atoms with Crippen molar-refractivity contribution < 1.29 is 0 Å². The van der Waals surface area contributed by atoms with E-state index in [1.54, 1.807) is 0 Å². The van der Waals surface area contributed by atoms with Gasteiger partial charge in [-0.1, -0.05) is 293 Å². The molecular weight excluding hydrogens is 1410 g/mol. The highest BCUT2D eigenvalue weighted by Crippen LogP contribution is 2.53. The molecule has 0 atom stereocenters. The zero-order valence-electron chi connectivity index (χ0n) is 61.6. The largest absolute Gasteiger partial charge is 0.309 e. The molecule has 6 nitrogen and oxygen atoms in total. The van der Waals surface area contributed by atoms with Crippen LogP contribution in [-0.4, -0.2) is 29.1 Å². The monoisotopic (exact) mass is 1470 g/mol. The van der Waals surface area contributed by atoms with E-state index in [9.17, 15) is 0 Å². The summed E-state index contributed by atoms with van der Waals surface area (Å²) >= 11 is 3.78. The van der Waals surface area contributed by atoms with Crippen LogP contribution in [0.2, 0.25) is 0 Å². The summed E-state index contributed by atoms with van der Waals surface area (Å²) in [4.78, 5) is 21.3. The molecule has 24 rings (SSSR count). The Kier molecular flexibility index (Phi) is 14.7. The SMILES string of the molecule is CC1(C)c2ccccc2-c2ccc(-c3nc(-c4cccc(-n5c6ccccc6c6c7ccccc7c7sc8ccccc8c7c65)c4)nc4ccccc34)cc21.c1ccc(-c2cc(-c3ccccc3)cc(-c3nc(-c4cccc(-n5c6ccccc6c6c7ccccc7c7sc8ccccc8c7c65)c4)nc4ccccc34)c2)cc1. The van der Waals surface area contributed by atoms with E-state index in [-0.39, 0.29) is 5.41 Å². The molecule has 8 heteroatoms. The van der Waals surface area contributed by atoms with Gasteiger partial charge in [-0.2, -0.15) is 0 Å². The van der Waals surface area contributed by atoms with Crippen LogP contribution in [0, 0.1) is 0 Å². The highest BCUT2D eigenvalue weighted by Gasteiger charge is 2.36. The molecule has 17 aromatic carbocycles. The quantitative estimate of drug-likeness (QED) is 0.152. The van der Waals surface area contributed by atoms with E-state index in [0.717, 1.165) is 83.8 Å². The number of aromatic nitrogens is 6. The highest BCUT2D eigenvalue weighted by molar-refractivity contribution is 7.27. The molecule has 0 unspecified atom stereocenters. The molecule has 0 fully saturated rings. The topological polar surface area (TPSA) is 61.4 Å². The minimum absolute atomic E-state index is 0.102. The van der Waals surface area contributed by atoms with Crippen molar-refractivity contribution in [1.29, 1.82) is 0 Å². The van der Waals surface area contributed by atoms with Crippen LogP contribution in [0.15, 0.2) is 364 Å². The molecule has 0 aliphatic heterocycles. The lowest BCUT2D eigenvalue weighted by Gasteiger charge is -2.22. The van der Waals surface area contributed by atoms with Gasteiger partial charge in [-0.3, -0.25) is 0 Å². The summed E-state index contributed by atoms with van der Waals surface area (Å²) in [7, 11) is 0. The van der Waals surface area contributed by atoms with E-state index in [2.05, 4.69) is 387 Å². The maximum absolute atomic E-state index is 5.46. The third-order valence-corrected chi connectivity index (χ3v) is 25.9. The van der Waals surface area contributed by atoms with Gasteiger partial charge in [0.15, 0.2) is 11.6 Å². The number of para-hydroxylation sites is 4. The first kappa shape index (κ1) is 64.9. The fourth-order valence-corrected chi connectivity index (χ4v) is 20.9. The van der Waals surface area contributed by atoms with Gasteiger partial charge < -0.3 is 9.13 Å². The molecule has 6 aromatic heterocycles. The zero-order valence-corrected chi connectivity index (χ0v) is 63.3. The van der Waals surface area contributed by atoms with Crippen LogP contribution in [0.25, 0.3) is 217 Å². The lowest BCUT2D eigenvalue weighted by atomic mass is 9.82. The molecular formula is C105H66N6S2. The molecule has 23 aromatic rings. The standard InChI is InChI=1S/C54H33N3S.C51H33N3S/c1-3-16-34(17-4-1)37-30-38(35-18-5-2-6-19-35)32-39(31-37)51-43-24-9-12-27-46(43)55-54(56-51)36-20-15-21-40(33-36)57-47-28-13-10-25-44(47)49-41-22-7-8-23-42(41)53-50(52(49)57)45-26-11-14-29-48(45)58-53;1-51(2)40-22-9-5-16-33(40)34-27-26-30(29-41(34)51)47-37-19-6-10-23-42(37)52-50(53-47)31-14-13-15-32(28-31)54-43-24-11-7-20-38(43)45-35-17-3-4-18-36(35)49-46(48(45)54)39-21-8-12-25-44(39)55-49/h1-33H;3-29H,1-2H3. The van der Waals surface area contributed by atoms with E-state index < -0.39 is 0 Å². The molecule has 113 heavy (non-hydrogen) atoms. The van der Waals surface area contributed by atoms with Crippen molar-refractivity contribution in [2.24, 2.45) is 0 Å². The zero-order chi connectivity index (χ0) is 74.6. The Labute approximate surface area is 658 Å². The summed E-state index contributed by atoms with van der Waals surface area (Å²) in [5, 5.41) is 17.5. The van der Waals surface area contributed by atoms with Gasteiger partial charge in [-0.25, -0.2) is 19.9 Å². The Morgan fingerprint density at radius 3 is 1.15 bits per heavy atom. The Balaban J connectivity index is 0.000000135. The van der Waals surface area contributed by atoms with Crippen LogP contribution in [0.3, 0.4) is 0 Å². The molecule has 0 N–H and O–H groups in total. The minimum Gasteiger partial charge on any atom is -0.309 e. The van der Waals surface area contributed by atoms with Gasteiger partial charge >= 0.3 is 0 Å². The summed E-state index contributed by atoms with van der Waals surface area (Å²) in [5.74, 6) is 1.41. The molecule has 1 aliphatic carbocycles. The Morgan fingerprint density at radius 1 is 0.248 bits per heavy atom. The number of nitrogens with zero attached hydrogens (tertiary/aromatic N) is 6. The van der Waals surface area contributed by atoms with Gasteiger partial charge in [0.2, 0.25) is 0 Å². The second-order valence-electron chi connectivity index (χ2n) is 30.2. The molecule has 0 saturated carbocycles. The van der Waals surface area contributed by atoms with Gasteiger partial charge in [0.1, 0.15) is 0 Å². The number of benzene rings is 17. The molecule has 528 valence electrons. The third-order valence-electron chi connectivity index (χ3n) is 23.5. The fourth-order valence-electron chi connectivity index (χ4n) is 18.4. The summed E-state index contributed by atoms with van der Waals surface area (Å²) in [5.41, 5.74) is 24.7. The number of thiophene rings is 2. The summed E-state index contributed by atoms with van der Waals surface area (Å²) in [6, 6.07) is 131.